The summed E-state index contributed by atoms with van der Waals surface area (Å²) in [4.78, 5) is 10.1. The van der Waals surface area contributed by atoms with E-state index in [1.54, 1.807) is 0 Å². The Morgan fingerprint density at radius 3 is 2.20 bits per heavy atom. The van der Waals surface area contributed by atoms with Crippen molar-refractivity contribution in [1.82, 2.24) is 0 Å². The molecule has 0 rings (SSSR count). The third kappa shape index (κ3) is 4.68. The highest BCUT2D eigenvalue weighted by Gasteiger charge is 2.01. The van der Waals surface area contributed by atoms with Crippen LogP contribution in [0.4, 0.5) is 0 Å². The van der Waals surface area contributed by atoms with E-state index in [0.717, 1.165) is 5.75 Å². The van der Waals surface area contributed by atoms with Gasteiger partial charge in [-0.3, -0.25) is 15.7 Å². The predicted molar refractivity (Wildman–Crippen MR) is 47.2 cm³/mol. The number of thiol groups is 1. The molecule has 0 bridgehead atoms. The summed E-state index contributed by atoms with van der Waals surface area (Å²) in [5, 5.41) is 8.36. The second kappa shape index (κ2) is 5.59. The minimum absolute atomic E-state index is 0.0304. The molecule has 1 N–H and O–H groups in total. The Kier molecular flexibility index (Phi) is 5.49. The Hall–Kier alpha value is -0.180. The van der Waals surface area contributed by atoms with Crippen LogP contribution in [0.2, 0.25) is 0 Å². The Bertz CT molecular complexity index is 99.8. The van der Waals surface area contributed by atoms with Crippen LogP contribution in [-0.2, 0) is 4.79 Å². The monoisotopic (exact) mass is 164 g/mol. The Morgan fingerprint density at radius 1 is 1.40 bits per heavy atom. The topological polar surface area (TPSA) is 37.3 Å². The molecule has 0 heterocycles. The highest BCUT2D eigenvalue weighted by molar-refractivity contribution is 8.16. The average molecular weight is 164 g/mol. The minimum atomic E-state index is -0.658. The molecule has 0 saturated carbocycles. The van der Waals surface area contributed by atoms with Gasteiger partial charge in [-0.1, -0.05) is 13.8 Å². The molecule has 0 aromatic heterocycles. The fourth-order valence-electron chi connectivity index (χ4n) is 0.794. The van der Waals surface area contributed by atoms with E-state index >= 15 is 0 Å². The molecule has 0 spiro atoms. The number of carboxylic acid groups (broad SMARTS) is 1. The van der Waals surface area contributed by atoms with Gasteiger partial charge in [-0.25, -0.2) is 0 Å². The minimum Gasteiger partial charge on any atom is -0.481 e. The highest BCUT2D eigenvalue weighted by atomic mass is 32.2. The lowest BCUT2D eigenvalue weighted by atomic mass is 10.5. The maximum Gasteiger partial charge on any atom is 0.304 e. The van der Waals surface area contributed by atoms with E-state index in [-0.39, 0.29) is 10.9 Å². The van der Waals surface area contributed by atoms with E-state index in [4.69, 9.17) is 5.11 Å². The Morgan fingerprint density at radius 2 is 1.90 bits per heavy atom. The molecule has 0 radical (unpaired) electrons. The Balaban J connectivity index is 3.34. The quantitative estimate of drug-likeness (QED) is 0.604. The molecule has 0 aliphatic heterocycles. The second-order valence-electron chi connectivity index (χ2n) is 2.17. The summed E-state index contributed by atoms with van der Waals surface area (Å²) in [6, 6.07) is 0. The number of aliphatic carboxylic acids is 1. The lowest BCUT2D eigenvalue weighted by Gasteiger charge is -2.14. The predicted octanol–water partition coefficient (Wildman–Crippen LogP) is 1.50. The zero-order valence-electron chi connectivity index (χ0n) is 6.63. The van der Waals surface area contributed by atoms with Crippen molar-refractivity contribution in [3.63, 3.8) is 0 Å². The molecular formula is C7H16O2S. The van der Waals surface area contributed by atoms with Gasteiger partial charge in [0.1, 0.15) is 0 Å². The van der Waals surface area contributed by atoms with E-state index in [1.165, 1.54) is 11.5 Å². The molecule has 3 heteroatoms. The first-order valence-corrected chi connectivity index (χ1v) is 5.54. The van der Waals surface area contributed by atoms with Crippen LogP contribution in [0, 0.1) is 0 Å². The molecule has 0 aromatic rings. The number of carboxylic acids is 1. The van der Waals surface area contributed by atoms with Gasteiger partial charge in [0.2, 0.25) is 0 Å². The summed E-state index contributed by atoms with van der Waals surface area (Å²) in [7, 11) is 0.0304. The van der Waals surface area contributed by atoms with Crippen molar-refractivity contribution in [2.75, 3.05) is 17.3 Å². The first kappa shape index (κ1) is 9.82. The van der Waals surface area contributed by atoms with E-state index < -0.39 is 5.97 Å². The van der Waals surface area contributed by atoms with Gasteiger partial charge in [-0.2, -0.15) is 0 Å². The molecular weight excluding hydrogens is 148 g/mol. The fourth-order valence-corrected chi connectivity index (χ4v) is 2.38. The van der Waals surface area contributed by atoms with Gasteiger partial charge in [0.25, 0.3) is 0 Å². The average Bonchev–Trinajstić information content (AvgIpc) is 1.90. The van der Waals surface area contributed by atoms with Gasteiger partial charge in [0.15, 0.2) is 0 Å². The first-order valence-electron chi connectivity index (χ1n) is 3.64. The summed E-state index contributed by atoms with van der Waals surface area (Å²) < 4.78 is 0. The van der Waals surface area contributed by atoms with Crippen molar-refractivity contribution >= 4 is 16.9 Å². The third-order valence-corrected chi connectivity index (χ3v) is 4.18. The largest absolute Gasteiger partial charge is 0.481 e. The second-order valence-corrected chi connectivity index (χ2v) is 5.22. The summed E-state index contributed by atoms with van der Waals surface area (Å²) in [5.74, 6) is 2.57. The van der Waals surface area contributed by atoms with Crippen LogP contribution in [-0.4, -0.2) is 28.3 Å². The zero-order chi connectivity index (χ0) is 7.98. The summed E-state index contributed by atoms with van der Waals surface area (Å²) >= 11 is 0. The van der Waals surface area contributed by atoms with E-state index in [0.29, 0.717) is 6.42 Å². The number of hydrogen-bond donors (Lipinski definition) is 2. The molecule has 0 unspecified atom stereocenters. The normalized spacial score (nSPS) is 11.2. The number of hydrogen-bond acceptors (Lipinski definition) is 1. The van der Waals surface area contributed by atoms with Crippen LogP contribution in [0.25, 0.3) is 0 Å². The first-order chi connectivity index (χ1) is 4.70. The smallest absolute Gasteiger partial charge is 0.304 e. The van der Waals surface area contributed by atoms with Gasteiger partial charge < -0.3 is 5.11 Å². The van der Waals surface area contributed by atoms with E-state index in [1.807, 2.05) is 0 Å². The van der Waals surface area contributed by atoms with Crippen LogP contribution in [0.3, 0.4) is 0 Å². The van der Waals surface area contributed by atoms with Crippen molar-refractivity contribution in [1.29, 1.82) is 0 Å². The Labute approximate surface area is 65.0 Å². The van der Waals surface area contributed by atoms with E-state index in [2.05, 4.69) is 13.8 Å². The fraction of sp³-hybridized carbons (Fsp3) is 0.857. The van der Waals surface area contributed by atoms with Crippen LogP contribution in [0.15, 0.2) is 0 Å². The maximum atomic E-state index is 10.1. The van der Waals surface area contributed by atoms with Crippen molar-refractivity contribution in [2.24, 2.45) is 0 Å². The standard InChI is InChI=1S/C7H16O2S/c1-3-10(4-2)6-5-7(8)9/h10H,3-6H2,1-2H3,(H,8,9). The lowest BCUT2D eigenvalue weighted by molar-refractivity contribution is -0.136. The van der Waals surface area contributed by atoms with Crippen molar-refractivity contribution < 1.29 is 9.90 Å². The van der Waals surface area contributed by atoms with Crippen LogP contribution < -0.4 is 0 Å². The van der Waals surface area contributed by atoms with Crippen LogP contribution >= 0.6 is 10.9 Å². The van der Waals surface area contributed by atoms with Gasteiger partial charge in [0, 0.05) is 0 Å². The molecule has 62 valence electrons. The molecule has 0 amide bonds. The summed E-state index contributed by atoms with van der Waals surface area (Å²) in [6.45, 7) is 4.27. The van der Waals surface area contributed by atoms with Crippen LogP contribution in [0.1, 0.15) is 20.3 Å². The van der Waals surface area contributed by atoms with E-state index in [9.17, 15) is 4.79 Å². The van der Waals surface area contributed by atoms with Crippen LogP contribution in [0.5, 0.6) is 0 Å². The summed E-state index contributed by atoms with van der Waals surface area (Å²) in [5.41, 5.74) is 0. The molecule has 0 fully saturated rings. The summed E-state index contributed by atoms with van der Waals surface area (Å²) in [6.07, 6.45) is 0.355. The molecule has 0 aliphatic rings. The van der Waals surface area contributed by atoms with Gasteiger partial charge >= 0.3 is 5.97 Å². The van der Waals surface area contributed by atoms with Crippen molar-refractivity contribution in [2.45, 2.75) is 20.3 Å². The molecule has 0 aromatic carbocycles. The SMILES string of the molecule is CC[SH](CC)CCC(=O)O. The highest BCUT2D eigenvalue weighted by Crippen LogP contribution is 2.23. The molecule has 2 nitrogen and oxygen atoms in total. The molecule has 0 saturated heterocycles. The number of rotatable bonds is 5. The van der Waals surface area contributed by atoms with Gasteiger partial charge in [-0.15, -0.1) is 0 Å². The van der Waals surface area contributed by atoms with Gasteiger partial charge in [-0.05, 0) is 17.3 Å². The molecule has 0 atom stereocenters. The third-order valence-electron chi connectivity index (χ3n) is 1.54. The van der Waals surface area contributed by atoms with Crippen molar-refractivity contribution in [3.05, 3.63) is 0 Å². The molecule has 10 heavy (non-hydrogen) atoms. The number of carbonyl (C=O) groups is 1. The maximum absolute atomic E-state index is 10.1. The van der Waals surface area contributed by atoms with Gasteiger partial charge in [0.05, 0.1) is 6.42 Å². The van der Waals surface area contributed by atoms with Crippen molar-refractivity contribution in [3.8, 4) is 0 Å². The zero-order valence-corrected chi connectivity index (χ0v) is 7.53. The molecule has 0 aliphatic carbocycles. The lowest BCUT2D eigenvalue weighted by Crippen LogP contribution is -2.01.